The van der Waals surface area contributed by atoms with Gasteiger partial charge in [0.15, 0.2) is 6.61 Å². The van der Waals surface area contributed by atoms with Crippen LogP contribution >= 0.6 is 11.3 Å². The van der Waals surface area contributed by atoms with Gasteiger partial charge in [-0.2, -0.15) is 0 Å². The maximum absolute atomic E-state index is 12.3. The number of aromatic nitrogens is 2. The Labute approximate surface area is 149 Å². The van der Waals surface area contributed by atoms with E-state index >= 15 is 0 Å². The van der Waals surface area contributed by atoms with Gasteiger partial charge < -0.3 is 14.6 Å². The van der Waals surface area contributed by atoms with Gasteiger partial charge in [-0.1, -0.05) is 25.1 Å². The zero-order chi connectivity index (χ0) is 17.8. The molecule has 3 aromatic rings. The van der Waals surface area contributed by atoms with Crippen molar-refractivity contribution in [3.63, 3.8) is 0 Å². The van der Waals surface area contributed by atoms with Gasteiger partial charge in [0.2, 0.25) is 0 Å². The van der Waals surface area contributed by atoms with E-state index < -0.39 is 0 Å². The van der Waals surface area contributed by atoms with Crippen LogP contribution in [0.3, 0.4) is 0 Å². The first-order valence-electron chi connectivity index (χ1n) is 7.99. The number of thiophene rings is 1. The number of aromatic amines is 1. The maximum Gasteiger partial charge on any atom is 0.268 e. The van der Waals surface area contributed by atoms with Gasteiger partial charge in [0.25, 0.3) is 11.5 Å². The van der Waals surface area contributed by atoms with Crippen LogP contribution in [0.1, 0.15) is 18.3 Å². The molecule has 0 fully saturated rings. The predicted molar refractivity (Wildman–Crippen MR) is 98.0 cm³/mol. The topological polar surface area (TPSA) is 75.3 Å². The van der Waals surface area contributed by atoms with Crippen molar-refractivity contribution in [1.82, 2.24) is 14.9 Å². The number of likely N-dealkylation sites (N-methyl/N-ethyl adjacent to an activating group) is 1. The van der Waals surface area contributed by atoms with Crippen LogP contribution in [0.4, 0.5) is 0 Å². The second kappa shape index (κ2) is 7.48. The van der Waals surface area contributed by atoms with Crippen LogP contribution in [0.15, 0.2) is 40.5 Å². The first-order chi connectivity index (χ1) is 12.1. The number of para-hydroxylation sites is 1. The smallest absolute Gasteiger partial charge is 0.268 e. The summed E-state index contributed by atoms with van der Waals surface area (Å²) in [6.07, 6.45) is 0.839. The van der Waals surface area contributed by atoms with E-state index in [1.54, 1.807) is 13.1 Å². The largest absolute Gasteiger partial charge is 0.483 e. The Balaban J connectivity index is 1.64. The highest BCUT2D eigenvalue weighted by Crippen LogP contribution is 2.18. The lowest BCUT2D eigenvalue weighted by atomic mass is 10.1. The second-order valence-electron chi connectivity index (χ2n) is 5.65. The molecule has 0 aliphatic carbocycles. The average Bonchev–Trinajstić information content (AvgIpc) is 3.09. The van der Waals surface area contributed by atoms with Gasteiger partial charge in [-0.25, -0.2) is 4.98 Å². The average molecular weight is 357 g/mol. The van der Waals surface area contributed by atoms with Gasteiger partial charge in [-0.15, -0.1) is 11.3 Å². The highest BCUT2D eigenvalue weighted by molar-refractivity contribution is 7.17. The van der Waals surface area contributed by atoms with E-state index in [9.17, 15) is 9.59 Å². The number of carbonyl (C=O) groups is 1. The molecule has 0 radical (unpaired) electrons. The van der Waals surface area contributed by atoms with E-state index in [0.29, 0.717) is 16.0 Å². The third-order valence-electron chi connectivity index (χ3n) is 3.88. The zero-order valence-electron chi connectivity index (χ0n) is 14.1. The first-order valence-corrected chi connectivity index (χ1v) is 8.87. The van der Waals surface area contributed by atoms with Crippen LogP contribution in [0.25, 0.3) is 10.2 Å². The SMILES string of the molecule is CCc1ccccc1OCC(=O)N(C)Cc1nc2ccsc2c(=O)[nH]1. The summed E-state index contributed by atoms with van der Waals surface area (Å²) in [6, 6.07) is 9.46. The number of carbonyl (C=O) groups excluding carboxylic acids is 1. The summed E-state index contributed by atoms with van der Waals surface area (Å²) < 4.78 is 6.24. The summed E-state index contributed by atoms with van der Waals surface area (Å²) in [5, 5.41) is 1.82. The third-order valence-corrected chi connectivity index (χ3v) is 4.78. The van der Waals surface area contributed by atoms with E-state index in [4.69, 9.17) is 4.74 Å². The number of amides is 1. The number of ether oxygens (including phenoxy) is 1. The van der Waals surface area contributed by atoms with Crippen molar-refractivity contribution in [3.05, 3.63) is 57.5 Å². The number of H-pyrrole nitrogens is 1. The fraction of sp³-hybridized carbons (Fsp3) is 0.278. The number of hydrogen-bond donors (Lipinski definition) is 1. The minimum atomic E-state index is -0.182. The molecule has 2 heterocycles. The van der Waals surface area contributed by atoms with Gasteiger partial charge in [0.1, 0.15) is 16.3 Å². The molecule has 0 aliphatic rings. The van der Waals surface area contributed by atoms with Gasteiger partial charge >= 0.3 is 0 Å². The summed E-state index contributed by atoms with van der Waals surface area (Å²) >= 11 is 1.35. The van der Waals surface area contributed by atoms with E-state index in [1.807, 2.05) is 36.6 Å². The molecule has 3 rings (SSSR count). The Bertz CT molecular complexity index is 948. The fourth-order valence-corrected chi connectivity index (χ4v) is 3.22. The number of fused-ring (bicyclic) bond motifs is 1. The summed E-state index contributed by atoms with van der Waals surface area (Å²) in [4.78, 5) is 32.9. The zero-order valence-corrected chi connectivity index (χ0v) is 14.9. The molecule has 2 aromatic heterocycles. The molecule has 0 aliphatic heterocycles. The fourth-order valence-electron chi connectivity index (χ4n) is 2.50. The number of rotatable bonds is 6. The molecule has 0 unspecified atom stereocenters. The minimum Gasteiger partial charge on any atom is -0.483 e. The van der Waals surface area contributed by atoms with Crippen molar-refractivity contribution >= 4 is 27.5 Å². The van der Waals surface area contributed by atoms with Gasteiger partial charge in [0, 0.05) is 7.05 Å². The van der Waals surface area contributed by atoms with Crippen molar-refractivity contribution in [2.75, 3.05) is 13.7 Å². The van der Waals surface area contributed by atoms with Crippen LogP contribution in [0, 0.1) is 0 Å². The molecular weight excluding hydrogens is 338 g/mol. The van der Waals surface area contributed by atoms with Crippen molar-refractivity contribution in [3.8, 4) is 5.75 Å². The highest BCUT2D eigenvalue weighted by atomic mass is 32.1. The lowest BCUT2D eigenvalue weighted by Gasteiger charge is -2.17. The number of hydrogen-bond acceptors (Lipinski definition) is 5. The van der Waals surface area contributed by atoms with Crippen molar-refractivity contribution in [2.24, 2.45) is 0 Å². The molecule has 130 valence electrons. The number of aryl methyl sites for hydroxylation is 1. The molecular formula is C18H19N3O3S. The number of nitrogens with one attached hydrogen (secondary N) is 1. The molecule has 1 N–H and O–H groups in total. The normalized spacial score (nSPS) is 10.8. The molecule has 0 atom stereocenters. The van der Waals surface area contributed by atoms with Crippen LogP contribution in [0.2, 0.25) is 0 Å². The quantitative estimate of drug-likeness (QED) is 0.736. The van der Waals surface area contributed by atoms with Crippen LogP contribution in [-0.2, 0) is 17.8 Å². The second-order valence-corrected chi connectivity index (χ2v) is 6.56. The van der Waals surface area contributed by atoms with Crippen molar-refractivity contribution in [1.29, 1.82) is 0 Å². The van der Waals surface area contributed by atoms with Gasteiger partial charge in [-0.05, 0) is 29.5 Å². The third kappa shape index (κ3) is 3.88. The lowest BCUT2D eigenvalue weighted by molar-refractivity contribution is -0.132. The summed E-state index contributed by atoms with van der Waals surface area (Å²) in [5.74, 6) is 0.998. The minimum absolute atomic E-state index is 0.0571. The molecule has 0 bridgehead atoms. The van der Waals surface area contributed by atoms with E-state index in [0.717, 1.165) is 17.7 Å². The molecule has 0 spiro atoms. The lowest BCUT2D eigenvalue weighted by Crippen LogP contribution is -2.32. The van der Waals surface area contributed by atoms with Crippen molar-refractivity contribution < 1.29 is 9.53 Å². The van der Waals surface area contributed by atoms with Crippen LogP contribution < -0.4 is 10.3 Å². The Kier molecular flexibility index (Phi) is 5.14. The van der Waals surface area contributed by atoms with Gasteiger partial charge in [-0.3, -0.25) is 9.59 Å². The standard InChI is InChI=1S/C18H19N3O3S/c1-3-12-6-4-5-7-14(12)24-11-16(22)21(2)10-15-19-13-8-9-25-17(13)18(23)20-15/h4-9H,3,10-11H2,1-2H3,(H,19,20,23). The molecule has 0 saturated carbocycles. The monoisotopic (exact) mass is 357 g/mol. The maximum atomic E-state index is 12.3. The Morgan fingerprint density at radius 3 is 2.92 bits per heavy atom. The summed E-state index contributed by atoms with van der Waals surface area (Å²) in [6.45, 7) is 2.20. The molecule has 1 aromatic carbocycles. The summed E-state index contributed by atoms with van der Waals surface area (Å²) in [5.41, 5.74) is 1.54. The van der Waals surface area contributed by atoms with Crippen LogP contribution in [0.5, 0.6) is 5.75 Å². The molecule has 1 amide bonds. The van der Waals surface area contributed by atoms with Crippen molar-refractivity contribution in [2.45, 2.75) is 19.9 Å². The van der Waals surface area contributed by atoms with Crippen LogP contribution in [-0.4, -0.2) is 34.4 Å². The molecule has 0 saturated heterocycles. The molecule has 6 nitrogen and oxygen atoms in total. The predicted octanol–water partition coefficient (Wildman–Crippen LogP) is 2.58. The van der Waals surface area contributed by atoms with Gasteiger partial charge in [0.05, 0.1) is 12.1 Å². The van der Waals surface area contributed by atoms with E-state index in [-0.39, 0.29) is 24.6 Å². The summed E-state index contributed by atoms with van der Waals surface area (Å²) in [7, 11) is 1.66. The highest BCUT2D eigenvalue weighted by Gasteiger charge is 2.13. The first kappa shape index (κ1) is 17.2. The Morgan fingerprint density at radius 2 is 2.12 bits per heavy atom. The Morgan fingerprint density at radius 1 is 1.32 bits per heavy atom. The number of benzene rings is 1. The van der Waals surface area contributed by atoms with E-state index in [1.165, 1.54) is 16.2 Å². The molecule has 25 heavy (non-hydrogen) atoms. The Hall–Kier alpha value is -2.67. The number of nitrogens with zero attached hydrogens (tertiary/aromatic N) is 2. The van der Waals surface area contributed by atoms with E-state index in [2.05, 4.69) is 9.97 Å². The molecule has 7 heteroatoms.